The Bertz CT molecular complexity index is 1490. The Morgan fingerprint density at radius 2 is 0.636 bits per heavy atom. The molecular weight excluding hydrogens is 813 g/mol. The highest BCUT2D eigenvalue weighted by Crippen LogP contribution is 2.10. The average Bonchev–Trinajstić information content (AvgIpc) is 3.32. The van der Waals surface area contributed by atoms with Crippen LogP contribution < -0.4 is 0 Å². The largest absolute Gasteiger partial charge is 0.462 e. The first-order valence-electron chi connectivity index (χ1n) is 26.0. The third kappa shape index (κ3) is 52.1. The van der Waals surface area contributed by atoms with Crippen LogP contribution >= 0.6 is 0 Å². The summed E-state index contributed by atoms with van der Waals surface area (Å²) in [6.45, 7) is 7.31. The van der Waals surface area contributed by atoms with Crippen molar-refractivity contribution in [3.63, 3.8) is 0 Å². The maximum Gasteiger partial charge on any atom is 0.306 e. The third-order valence-corrected chi connectivity index (χ3v) is 10.0. The highest BCUT2D eigenvalue weighted by atomic mass is 16.6. The van der Waals surface area contributed by atoms with E-state index in [0.717, 1.165) is 116 Å². The Morgan fingerprint density at radius 3 is 1.02 bits per heavy atom. The summed E-state index contributed by atoms with van der Waals surface area (Å²) in [5.41, 5.74) is 0. The second-order valence-electron chi connectivity index (χ2n) is 16.3. The van der Waals surface area contributed by atoms with E-state index in [4.69, 9.17) is 14.2 Å². The summed E-state index contributed by atoms with van der Waals surface area (Å²) in [5.74, 6) is -0.555. The fourth-order valence-electron chi connectivity index (χ4n) is 6.30. The van der Waals surface area contributed by atoms with Gasteiger partial charge in [-0.2, -0.15) is 0 Å². The van der Waals surface area contributed by atoms with Gasteiger partial charge in [0, 0.05) is 19.4 Å². The molecule has 5 heteroatoms. The third-order valence-electron chi connectivity index (χ3n) is 10.0. The number of ether oxygens (including phenoxy) is 3. The molecule has 0 aliphatic carbocycles. The fraction of sp³-hybridized carbons (Fsp3) is 0.541. The van der Waals surface area contributed by atoms with E-state index in [1.807, 2.05) is 0 Å². The predicted molar refractivity (Wildman–Crippen MR) is 288 cm³/mol. The molecule has 66 heavy (non-hydrogen) atoms. The SMILES string of the molecule is CC/C=C\C/C=C\C/C=C\C/C=C\C/C=C\CCCC(=O)OCC(COCCCCCCCC/C=C\C/C=C\C/C=C\CC)OC(=O)CCC/C=C\C/C=C\C/C=C\C/C=C\C/C=C\CC. The molecule has 0 aliphatic heterocycles. The Morgan fingerprint density at radius 1 is 0.333 bits per heavy atom. The van der Waals surface area contributed by atoms with E-state index in [9.17, 15) is 9.59 Å². The molecule has 0 rings (SSSR count). The minimum atomic E-state index is -0.609. The van der Waals surface area contributed by atoms with E-state index in [1.165, 1.54) is 25.7 Å². The van der Waals surface area contributed by atoms with Crippen molar-refractivity contribution in [3.05, 3.63) is 158 Å². The first-order chi connectivity index (χ1) is 32.6. The van der Waals surface area contributed by atoms with E-state index in [0.29, 0.717) is 32.3 Å². The Hall–Kier alpha value is -4.48. The lowest BCUT2D eigenvalue weighted by Gasteiger charge is -2.18. The molecule has 1 atom stereocenters. The van der Waals surface area contributed by atoms with Crippen molar-refractivity contribution in [2.45, 2.75) is 194 Å². The summed E-state index contributed by atoms with van der Waals surface area (Å²) in [4.78, 5) is 25.4. The molecule has 0 aromatic carbocycles. The van der Waals surface area contributed by atoms with Gasteiger partial charge in [0.05, 0.1) is 6.61 Å². The number of unbranched alkanes of at least 4 members (excludes halogenated alkanes) is 8. The normalized spacial score (nSPS) is 13.6. The van der Waals surface area contributed by atoms with Crippen LogP contribution in [0.2, 0.25) is 0 Å². The van der Waals surface area contributed by atoms with Crippen LogP contribution in [-0.4, -0.2) is 37.9 Å². The maximum atomic E-state index is 12.8. The lowest BCUT2D eigenvalue weighted by Crippen LogP contribution is -2.30. The average molecular weight is 907 g/mol. The van der Waals surface area contributed by atoms with Gasteiger partial charge < -0.3 is 14.2 Å². The minimum Gasteiger partial charge on any atom is -0.462 e. The second-order valence-corrected chi connectivity index (χ2v) is 16.3. The van der Waals surface area contributed by atoms with E-state index < -0.39 is 6.10 Å². The molecule has 0 saturated heterocycles. The summed E-state index contributed by atoms with van der Waals surface area (Å²) in [7, 11) is 0. The monoisotopic (exact) mass is 907 g/mol. The van der Waals surface area contributed by atoms with Crippen LogP contribution in [0.25, 0.3) is 0 Å². The molecule has 0 spiro atoms. The molecule has 368 valence electrons. The number of carbonyl (C=O) groups excluding carboxylic acids is 2. The van der Waals surface area contributed by atoms with E-state index in [-0.39, 0.29) is 25.2 Å². The van der Waals surface area contributed by atoms with Crippen LogP contribution in [0.1, 0.15) is 188 Å². The molecule has 0 aliphatic rings. The summed E-state index contributed by atoms with van der Waals surface area (Å²) < 4.78 is 17.3. The van der Waals surface area contributed by atoms with Crippen molar-refractivity contribution in [1.82, 2.24) is 0 Å². The minimum absolute atomic E-state index is 0.0159. The quantitative estimate of drug-likeness (QED) is 0.0346. The van der Waals surface area contributed by atoms with Crippen molar-refractivity contribution in [2.24, 2.45) is 0 Å². The van der Waals surface area contributed by atoms with Crippen LogP contribution in [0.15, 0.2) is 158 Å². The molecule has 0 heterocycles. The lowest BCUT2D eigenvalue weighted by atomic mass is 10.1. The number of carbonyl (C=O) groups is 2. The fourth-order valence-corrected chi connectivity index (χ4v) is 6.30. The van der Waals surface area contributed by atoms with Gasteiger partial charge in [0.2, 0.25) is 0 Å². The van der Waals surface area contributed by atoms with Gasteiger partial charge in [-0.1, -0.05) is 204 Å². The van der Waals surface area contributed by atoms with Gasteiger partial charge in [0.15, 0.2) is 6.10 Å². The summed E-state index contributed by atoms with van der Waals surface area (Å²) in [6, 6.07) is 0. The standard InChI is InChI=1S/C61H94O5/c1-4-7-10-13-16-19-22-25-28-31-33-36-39-42-45-48-51-54-60(62)65-58-59(57-64-56-53-50-47-44-41-38-35-30-27-24-21-18-15-12-9-6-3)66-61(63)55-52-49-46-43-40-37-34-32-29-26-23-20-17-14-11-8-5-2/h7-12,16-21,25-30,33-34,36-37,42-43,45-46,59H,4-6,13-15,22-24,31-32,35,38-41,44,47-58H2,1-3H3/b10-7-,11-8-,12-9-,19-16-,20-17-,21-18-,28-25-,29-26-,30-27-,36-33-,37-34-,45-42-,46-43-. The van der Waals surface area contributed by atoms with Crippen LogP contribution in [-0.2, 0) is 23.8 Å². The van der Waals surface area contributed by atoms with Gasteiger partial charge in [0.25, 0.3) is 0 Å². The zero-order valence-electron chi connectivity index (χ0n) is 42.1. The zero-order chi connectivity index (χ0) is 47.7. The summed E-state index contributed by atoms with van der Waals surface area (Å²) in [6.07, 6.45) is 81.2. The van der Waals surface area contributed by atoms with Gasteiger partial charge in [-0.3, -0.25) is 9.59 Å². The lowest BCUT2D eigenvalue weighted by molar-refractivity contribution is -0.162. The first-order valence-corrected chi connectivity index (χ1v) is 26.0. The Balaban J connectivity index is 4.53. The number of allylic oxidation sites excluding steroid dienone is 26. The zero-order valence-corrected chi connectivity index (χ0v) is 42.1. The second kappa shape index (κ2) is 54.9. The number of rotatable bonds is 45. The number of esters is 2. The first kappa shape index (κ1) is 61.5. The highest BCUT2D eigenvalue weighted by Gasteiger charge is 2.17. The molecule has 0 aromatic rings. The van der Waals surface area contributed by atoms with Crippen LogP contribution in [0.3, 0.4) is 0 Å². The van der Waals surface area contributed by atoms with Gasteiger partial charge in [-0.25, -0.2) is 0 Å². The maximum absolute atomic E-state index is 12.8. The van der Waals surface area contributed by atoms with Crippen molar-refractivity contribution in [2.75, 3.05) is 19.8 Å². The van der Waals surface area contributed by atoms with Crippen molar-refractivity contribution in [1.29, 1.82) is 0 Å². The molecule has 1 unspecified atom stereocenters. The molecule has 0 aromatic heterocycles. The van der Waals surface area contributed by atoms with E-state index in [1.54, 1.807) is 0 Å². The molecule has 0 radical (unpaired) electrons. The van der Waals surface area contributed by atoms with Gasteiger partial charge in [-0.15, -0.1) is 0 Å². The van der Waals surface area contributed by atoms with E-state index >= 15 is 0 Å². The van der Waals surface area contributed by atoms with Crippen LogP contribution in [0, 0.1) is 0 Å². The van der Waals surface area contributed by atoms with E-state index in [2.05, 4.69) is 179 Å². The molecule has 0 N–H and O–H groups in total. The molecule has 0 bridgehead atoms. The van der Waals surface area contributed by atoms with Gasteiger partial charge >= 0.3 is 11.9 Å². The summed E-state index contributed by atoms with van der Waals surface area (Å²) >= 11 is 0. The predicted octanol–water partition coefficient (Wildman–Crippen LogP) is 17.9. The summed E-state index contributed by atoms with van der Waals surface area (Å²) in [5, 5.41) is 0. The molecule has 5 nitrogen and oxygen atoms in total. The number of hydrogen-bond donors (Lipinski definition) is 0. The molecule has 0 fully saturated rings. The van der Waals surface area contributed by atoms with Crippen LogP contribution in [0.5, 0.6) is 0 Å². The smallest absolute Gasteiger partial charge is 0.306 e. The molecule has 0 amide bonds. The number of hydrogen-bond acceptors (Lipinski definition) is 5. The topological polar surface area (TPSA) is 61.8 Å². The Kier molecular flexibility index (Phi) is 51.1. The van der Waals surface area contributed by atoms with Crippen LogP contribution in [0.4, 0.5) is 0 Å². The molecular formula is C61H94O5. The van der Waals surface area contributed by atoms with Gasteiger partial charge in [0.1, 0.15) is 6.61 Å². The molecule has 0 saturated carbocycles. The highest BCUT2D eigenvalue weighted by molar-refractivity contribution is 5.70. The Labute approximate surface area is 405 Å². The van der Waals surface area contributed by atoms with Crippen molar-refractivity contribution in [3.8, 4) is 0 Å². The van der Waals surface area contributed by atoms with Gasteiger partial charge in [-0.05, 0) is 128 Å². The van der Waals surface area contributed by atoms with Crippen molar-refractivity contribution < 1.29 is 23.8 Å². The van der Waals surface area contributed by atoms with Crippen molar-refractivity contribution >= 4 is 11.9 Å².